The molecule has 2 aromatic rings. The molecule has 0 bridgehead atoms. The molecule has 0 spiro atoms. The van der Waals surface area contributed by atoms with Gasteiger partial charge in [-0.15, -0.1) is 0 Å². The lowest BCUT2D eigenvalue weighted by atomic mass is 10.2. The normalized spacial score (nSPS) is 13.8. The van der Waals surface area contributed by atoms with Crippen LogP contribution in [0.15, 0.2) is 53.4 Å². The number of aryl methyl sites for hydroxylation is 1. The lowest BCUT2D eigenvalue weighted by molar-refractivity contribution is -0.117. The molecule has 2 amide bonds. The van der Waals surface area contributed by atoms with Gasteiger partial charge in [0, 0.05) is 30.3 Å². The van der Waals surface area contributed by atoms with Gasteiger partial charge in [-0.25, -0.2) is 13.1 Å². The van der Waals surface area contributed by atoms with E-state index in [0.717, 1.165) is 18.4 Å². The molecule has 0 heterocycles. The largest absolute Gasteiger partial charge is 0.351 e. The SMILES string of the molecule is Cc1ccc(S(=O)(=O)NCCNC(=O)c2ccc(NC(=O)C3CC3)cc2)cc1. The molecule has 0 aromatic heterocycles. The maximum Gasteiger partial charge on any atom is 0.251 e. The number of hydrogen-bond donors (Lipinski definition) is 3. The Morgan fingerprint density at radius 1 is 0.964 bits per heavy atom. The third-order valence-electron chi connectivity index (χ3n) is 4.40. The summed E-state index contributed by atoms with van der Waals surface area (Å²) in [5, 5.41) is 5.48. The van der Waals surface area contributed by atoms with Gasteiger partial charge in [0.2, 0.25) is 15.9 Å². The third-order valence-corrected chi connectivity index (χ3v) is 5.87. The maximum absolute atomic E-state index is 12.2. The summed E-state index contributed by atoms with van der Waals surface area (Å²) in [5.41, 5.74) is 2.06. The van der Waals surface area contributed by atoms with Crippen molar-refractivity contribution in [3.05, 3.63) is 59.7 Å². The zero-order chi connectivity index (χ0) is 20.1. The molecule has 148 valence electrons. The van der Waals surface area contributed by atoms with E-state index in [1.807, 2.05) is 6.92 Å². The van der Waals surface area contributed by atoms with Crippen LogP contribution in [0.5, 0.6) is 0 Å². The third kappa shape index (κ3) is 5.40. The molecule has 7 nitrogen and oxygen atoms in total. The quantitative estimate of drug-likeness (QED) is 0.589. The van der Waals surface area contributed by atoms with Crippen molar-refractivity contribution in [2.24, 2.45) is 5.92 Å². The fourth-order valence-electron chi connectivity index (χ4n) is 2.56. The van der Waals surface area contributed by atoms with Crippen LogP contribution < -0.4 is 15.4 Å². The van der Waals surface area contributed by atoms with E-state index < -0.39 is 10.0 Å². The molecule has 1 fully saturated rings. The summed E-state index contributed by atoms with van der Waals surface area (Å²) in [4.78, 5) is 24.1. The van der Waals surface area contributed by atoms with Crippen LogP contribution in [0.2, 0.25) is 0 Å². The van der Waals surface area contributed by atoms with Crippen molar-refractivity contribution in [2.75, 3.05) is 18.4 Å². The first-order chi connectivity index (χ1) is 13.3. The first-order valence-electron chi connectivity index (χ1n) is 9.10. The molecule has 3 rings (SSSR count). The monoisotopic (exact) mass is 401 g/mol. The Hall–Kier alpha value is -2.71. The average Bonchev–Trinajstić information content (AvgIpc) is 3.51. The van der Waals surface area contributed by atoms with E-state index in [-0.39, 0.29) is 35.7 Å². The molecule has 0 saturated heterocycles. The zero-order valence-corrected chi connectivity index (χ0v) is 16.4. The maximum atomic E-state index is 12.2. The summed E-state index contributed by atoms with van der Waals surface area (Å²) in [5.74, 6) is -0.181. The van der Waals surface area contributed by atoms with Crippen molar-refractivity contribution < 1.29 is 18.0 Å². The average molecular weight is 401 g/mol. The van der Waals surface area contributed by atoms with Crippen LogP contribution >= 0.6 is 0 Å². The predicted octanol–water partition coefficient (Wildman–Crippen LogP) is 2.05. The second-order valence-electron chi connectivity index (χ2n) is 6.81. The highest BCUT2D eigenvalue weighted by Gasteiger charge is 2.29. The molecule has 2 aromatic carbocycles. The number of anilines is 1. The van der Waals surface area contributed by atoms with Crippen LogP contribution in [0.4, 0.5) is 5.69 Å². The number of hydrogen-bond acceptors (Lipinski definition) is 4. The molecule has 8 heteroatoms. The van der Waals surface area contributed by atoms with Gasteiger partial charge in [0.15, 0.2) is 0 Å². The Balaban J connectivity index is 1.44. The van der Waals surface area contributed by atoms with E-state index >= 15 is 0 Å². The molecule has 1 aliphatic rings. The van der Waals surface area contributed by atoms with Crippen molar-refractivity contribution in [3.63, 3.8) is 0 Å². The minimum absolute atomic E-state index is 0.0121. The standard InChI is InChI=1S/C20H23N3O4S/c1-14-2-10-18(11-3-14)28(26,27)22-13-12-21-19(24)15-6-8-17(9-7-15)23-20(25)16-4-5-16/h2-3,6-11,16,22H,4-5,12-13H2,1H3,(H,21,24)(H,23,25). The Bertz CT molecular complexity index is 950. The first kappa shape index (κ1) is 20.0. The van der Waals surface area contributed by atoms with Crippen LogP contribution in [0.3, 0.4) is 0 Å². The van der Waals surface area contributed by atoms with Crippen LogP contribution in [0, 0.1) is 12.8 Å². The molecule has 0 aliphatic heterocycles. The van der Waals surface area contributed by atoms with Crippen molar-refractivity contribution in [3.8, 4) is 0 Å². The zero-order valence-electron chi connectivity index (χ0n) is 15.6. The summed E-state index contributed by atoms with van der Waals surface area (Å²) >= 11 is 0. The summed E-state index contributed by atoms with van der Waals surface area (Å²) < 4.78 is 26.8. The fraction of sp³-hybridized carbons (Fsp3) is 0.300. The number of sulfonamides is 1. The predicted molar refractivity (Wildman–Crippen MR) is 106 cm³/mol. The van der Waals surface area contributed by atoms with Gasteiger partial charge < -0.3 is 10.6 Å². The molecule has 1 aliphatic carbocycles. The summed E-state index contributed by atoms with van der Waals surface area (Å²) in [6, 6.07) is 13.1. The summed E-state index contributed by atoms with van der Waals surface area (Å²) in [7, 11) is -3.60. The van der Waals surface area contributed by atoms with Crippen LogP contribution in [-0.4, -0.2) is 33.3 Å². The first-order valence-corrected chi connectivity index (χ1v) is 10.6. The second-order valence-corrected chi connectivity index (χ2v) is 8.57. The Labute approximate surface area is 164 Å². The van der Waals surface area contributed by atoms with Crippen molar-refractivity contribution >= 4 is 27.5 Å². The summed E-state index contributed by atoms with van der Waals surface area (Å²) in [6.45, 7) is 2.12. The number of nitrogens with one attached hydrogen (secondary N) is 3. The van der Waals surface area contributed by atoms with E-state index in [4.69, 9.17) is 0 Å². The molecule has 0 radical (unpaired) electrons. The number of rotatable bonds is 8. The topological polar surface area (TPSA) is 104 Å². The highest BCUT2D eigenvalue weighted by molar-refractivity contribution is 7.89. The van der Waals surface area contributed by atoms with E-state index in [1.165, 1.54) is 0 Å². The van der Waals surface area contributed by atoms with Gasteiger partial charge in [-0.3, -0.25) is 9.59 Å². The molecular weight excluding hydrogens is 378 g/mol. The van der Waals surface area contributed by atoms with Gasteiger partial charge in [-0.1, -0.05) is 17.7 Å². The number of amides is 2. The van der Waals surface area contributed by atoms with Crippen molar-refractivity contribution in [2.45, 2.75) is 24.7 Å². The number of benzene rings is 2. The Morgan fingerprint density at radius 2 is 1.61 bits per heavy atom. The minimum atomic E-state index is -3.60. The lowest BCUT2D eigenvalue weighted by Crippen LogP contribution is -2.34. The lowest BCUT2D eigenvalue weighted by Gasteiger charge is -2.09. The van der Waals surface area contributed by atoms with E-state index in [1.54, 1.807) is 48.5 Å². The molecular formula is C20H23N3O4S. The van der Waals surface area contributed by atoms with Gasteiger partial charge in [0.05, 0.1) is 4.90 Å². The smallest absolute Gasteiger partial charge is 0.251 e. The van der Waals surface area contributed by atoms with E-state index in [9.17, 15) is 18.0 Å². The molecule has 3 N–H and O–H groups in total. The Morgan fingerprint density at radius 3 is 2.21 bits per heavy atom. The molecule has 0 atom stereocenters. The van der Waals surface area contributed by atoms with Gasteiger partial charge >= 0.3 is 0 Å². The Kier molecular flexibility index (Phi) is 6.11. The second kappa shape index (κ2) is 8.53. The van der Waals surface area contributed by atoms with E-state index in [0.29, 0.717) is 11.3 Å². The van der Waals surface area contributed by atoms with Crippen molar-refractivity contribution in [1.82, 2.24) is 10.0 Å². The highest BCUT2D eigenvalue weighted by Crippen LogP contribution is 2.30. The van der Waals surface area contributed by atoms with Crippen LogP contribution in [0.1, 0.15) is 28.8 Å². The molecule has 0 unspecified atom stereocenters. The summed E-state index contributed by atoms with van der Waals surface area (Å²) in [6.07, 6.45) is 1.86. The van der Waals surface area contributed by atoms with Crippen LogP contribution in [-0.2, 0) is 14.8 Å². The van der Waals surface area contributed by atoms with Gasteiger partial charge in [-0.2, -0.15) is 0 Å². The molecule has 28 heavy (non-hydrogen) atoms. The number of carbonyl (C=O) groups excluding carboxylic acids is 2. The fourth-order valence-corrected chi connectivity index (χ4v) is 3.59. The molecule has 1 saturated carbocycles. The van der Waals surface area contributed by atoms with Crippen LogP contribution in [0.25, 0.3) is 0 Å². The highest BCUT2D eigenvalue weighted by atomic mass is 32.2. The van der Waals surface area contributed by atoms with Gasteiger partial charge in [-0.05, 0) is 56.2 Å². The number of carbonyl (C=O) groups is 2. The van der Waals surface area contributed by atoms with Gasteiger partial charge in [0.25, 0.3) is 5.91 Å². The van der Waals surface area contributed by atoms with Crippen molar-refractivity contribution in [1.29, 1.82) is 0 Å². The minimum Gasteiger partial charge on any atom is -0.351 e. The van der Waals surface area contributed by atoms with Gasteiger partial charge in [0.1, 0.15) is 0 Å². The van der Waals surface area contributed by atoms with E-state index in [2.05, 4.69) is 15.4 Å².